The molecule has 0 aliphatic heterocycles. The van der Waals surface area contributed by atoms with E-state index in [0.717, 1.165) is 22.8 Å². The second-order valence-corrected chi connectivity index (χ2v) is 5.40. The Labute approximate surface area is 137 Å². The van der Waals surface area contributed by atoms with Crippen molar-refractivity contribution in [3.8, 4) is 11.5 Å². The van der Waals surface area contributed by atoms with Crippen LogP contribution in [0.25, 0.3) is 11.0 Å². The highest BCUT2D eigenvalue weighted by molar-refractivity contribution is 7.00. The smallest absolute Gasteiger partial charge is 0.265 e. The van der Waals surface area contributed by atoms with E-state index >= 15 is 0 Å². The molecule has 0 bridgehead atoms. The topological polar surface area (TPSA) is 73.3 Å². The van der Waals surface area contributed by atoms with E-state index in [1.54, 1.807) is 38.3 Å². The molecule has 2 aromatic carbocycles. The molecule has 118 valence electrons. The summed E-state index contributed by atoms with van der Waals surface area (Å²) < 4.78 is 19.2. The predicted molar refractivity (Wildman–Crippen MR) is 89.1 cm³/mol. The zero-order valence-corrected chi connectivity index (χ0v) is 13.5. The second kappa shape index (κ2) is 6.62. The molecule has 1 unspecified atom stereocenters. The molecule has 3 aromatic rings. The van der Waals surface area contributed by atoms with E-state index < -0.39 is 6.10 Å². The number of fused-ring (bicyclic) bond motifs is 1. The molecular weight excluding hydrogens is 314 g/mol. The van der Waals surface area contributed by atoms with Gasteiger partial charge in [0.2, 0.25) is 0 Å². The number of para-hydroxylation sites is 2. The van der Waals surface area contributed by atoms with Gasteiger partial charge in [0.15, 0.2) is 17.6 Å². The first kappa shape index (κ1) is 15.2. The van der Waals surface area contributed by atoms with Crippen LogP contribution in [-0.4, -0.2) is 27.9 Å². The van der Waals surface area contributed by atoms with E-state index in [1.165, 1.54) is 0 Å². The Hall–Kier alpha value is -2.67. The first-order chi connectivity index (χ1) is 11.2. The molecule has 0 spiro atoms. The molecule has 1 heterocycles. The number of aromatic nitrogens is 2. The van der Waals surface area contributed by atoms with Gasteiger partial charge in [-0.05, 0) is 37.3 Å². The van der Waals surface area contributed by atoms with Crippen molar-refractivity contribution >= 4 is 34.4 Å². The van der Waals surface area contributed by atoms with E-state index in [0.29, 0.717) is 17.2 Å². The highest BCUT2D eigenvalue weighted by Gasteiger charge is 2.17. The lowest BCUT2D eigenvalue weighted by Gasteiger charge is -2.16. The monoisotopic (exact) mass is 329 g/mol. The van der Waals surface area contributed by atoms with Crippen molar-refractivity contribution in [3.63, 3.8) is 0 Å². The summed E-state index contributed by atoms with van der Waals surface area (Å²) in [5.74, 6) is 0.859. The quantitative estimate of drug-likeness (QED) is 0.778. The molecule has 0 aliphatic rings. The van der Waals surface area contributed by atoms with E-state index in [4.69, 9.17) is 9.47 Å². The highest BCUT2D eigenvalue weighted by Crippen LogP contribution is 2.27. The molecule has 3 rings (SSSR count). The van der Waals surface area contributed by atoms with Gasteiger partial charge in [0.05, 0.1) is 18.8 Å². The number of nitrogens with zero attached hydrogens (tertiary/aromatic N) is 2. The molecule has 7 heteroatoms. The molecular formula is C16H15N3O3S. The van der Waals surface area contributed by atoms with E-state index in [1.807, 2.05) is 18.2 Å². The number of benzene rings is 2. The van der Waals surface area contributed by atoms with Crippen LogP contribution in [0.5, 0.6) is 11.5 Å². The standard InChI is InChI=1S/C16H15N3O3S/c1-10(22-15-6-4-3-5-14(15)21-2)16(20)17-11-7-8-12-13(9-11)19-23-18-12/h3-10H,1-2H3,(H,17,20). The largest absolute Gasteiger partial charge is 0.493 e. The molecule has 1 aromatic heterocycles. The number of rotatable bonds is 5. The van der Waals surface area contributed by atoms with Crippen molar-refractivity contribution in [3.05, 3.63) is 42.5 Å². The summed E-state index contributed by atoms with van der Waals surface area (Å²) in [6.45, 7) is 1.69. The number of amides is 1. The van der Waals surface area contributed by atoms with Gasteiger partial charge in [-0.3, -0.25) is 4.79 Å². The number of anilines is 1. The zero-order valence-electron chi connectivity index (χ0n) is 12.6. The number of carbonyl (C=O) groups is 1. The molecule has 0 saturated carbocycles. The van der Waals surface area contributed by atoms with Gasteiger partial charge in [-0.2, -0.15) is 8.75 Å². The third-order valence-corrected chi connectivity index (χ3v) is 3.82. The van der Waals surface area contributed by atoms with Gasteiger partial charge in [-0.25, -0.2) is 0 Å². The van der Waals surface area contributed by atoms with Crippen LogP contribution in [0.4, 0.5) is 5.69 Å². The fourth-order valence-electron chi connectivity index (χ4n) is 2.06. The summed E-state index contributed by atoms with van der Waals surface area (Å²) >= 11 is 1.14. The predicted octanol–water partition coefficient (Wildman–Crippen LogP) is 3.11. The molecule has 0 fully saturated rings. The van der Waals surface area contributed by atoms with Crippen LogP contribution in [0.15, 0.2) is 42.5 Å². The lowest BCUT2D eigenvalue weighted by Crippen LogP contribution is -2.30. The minimum Gasteiger partial charge on any atom is -0.493 e. The second-order valence-electron chi connectivity index (χ2n) is 4.87. The Morgan fingerprint density at radius 1 is 1.13 bits per heavy atom. The fourth-order valence-corrected chi connectivity index (χ4v) is 2.58. The summed E-state index contributed by atoms with van der Waals surface area (Å²) in [7, 11) is 1.56. The Kier molecular flexibility index (Phi) is 4.38. The molecule has 0 aliphatic carbocycles. The average molecular weight is 329 g/mol. The number of methoxy groups -OCH3 is 1. The van der Waals surface area contributed by atoms with Gasteiger partial charge in [0.1, 0.15) is 11.0 Å². The van der Waals surface area contributed by atoms with Crippen LogP contribution in [-0.2, 0) is 4.79 Å². The number of ether oxygens (including phenoxy) is 2. The van der Waals surface area contributed by atoms with Crippen molar-refractivity contribution in [1.29, 1.82) is 0 Å². The lowest BCUT2D eigenvalue weighted by atomic mass is 10.2. The Bertz CT molecular complexity index is 834. The first-order valence-corrected chi connectivity index (χ1v) is 7.73. The maximum atomic E-state index is 12.3. The molecule has 6 nitrogen and oxygen atoms in total. The third-order valence-electron chi connectivity index (χ3n) is 3.26. The summed E-state index contributed by atoms with van der Waals surface area (Å²) in [4.78, 5) is 12.3. The Balaban J connectivity index is 1.69. The number of nitrogens with one attached hydrogen (secondary N) is 1. The maximum absolute atomic E-state index is 12.3. The van der Waals surface area contributed by atoms with Gasteiger partial charge < -0.3 is 14.8 Å². The molecule has 23 heavy (non-hydrogen) atoms. The van der Waals surface area contributed by atoms with Crippen molar-refractivity contribution in [2.75, 3.05) is 12.4 Å². The summed E-state index contributed by atoms with van der Waals surface area (Å²) in [5, 5.41) is 2.81. The van der Waals surface area contributed by atoms with Crippen LogP contribution in [0.2, 0.25) is 0 Å². The SMILES string of the molecule is COc1ccccc1OC(C)C(=O)Nc1ccc2nsnc2c1. The molecule has 1 amide bonds. The van der Waals surface area contributed by atoms with Crippen LogP contribution >= 0.6 is 11.7 Å². The Morgan fingerprint density at radius 2 is 1.87 bits per heavy atom. The molecule has 1 N–H and O–H groups in total. The fraction of sp³-hybridized carbons (Fsp3) is 0.188. The number of carbonyl (C=O) groups excluding carboxylic acids is 1. The normalized spacial score (nSPS) is 11.9. The minimum atomic E-state index is -0.671. The average Bonchev–Trinajstić information content (AvgIpc) is 3.03. The van der Waals surface area contributed by atoms with Crippen LogP contribution in [0.3, 0.4) is 0 Å². The summed E-state index contributed by atoms with van der Waals surface area (Å²) in [5.41, 5.74) is 2.23. The number of hydrogen-bond donors (Lipinski definition) is 1. The maximum Gasteiger partial charge on any atom is 0.265 e. The van der Waals surface area contributed by atoms with Crippen LogP contribution in [0, 0.1) is 0 Å². The zero-order chi connectivity index (χ0) is 16.2. The number of hydrogen-bond acceptors (Lipinski definition) is 6. The van der Waals surface area contributed by atoms with Crippen molar-refractivity contribution in [2.24, 2.45) is 0 Å². The minimum absolute atomic E-state index is 0.251. The molecule has 0 radical (unpaired) electrons. The molecule has 1 atom stereocenters. The van der Waals surface area contributed by atoms with Gasteiger partial charge in [-0.15, -0.1) is 0 Å². The van der Waals surface area contributed by atoms with Gasteiger partial charge in [0, 0.05) is 5.69 Å². The molecule has 0 saturated heterocycles. The summed E-state index contributed by atoms with van der Waals surface area (Å²) in [6, 6.07) is 12.6. The van der Waals surface area contributed by atoms with Gasteiger partial charge in [0.25, 0.3) is 5.91 Å². The first-order valence-electron chi connectivity index (χ1n) is 7.00. The third kappa shape index (κ3) is 3.40. The van der Waals surface area contributed by atoms with Crippen molar-refractivity contribution in [1.82, 2.24) is 8.75 Å². The van der Waals surface area contributed by atoms with Crippen LogP contribution in [0.1, 0.15) is 6.92 Å². The lowest BCUT2D eigenvalue weighted by molar-refractivity contribution is -0.122. The van der Waals surface area contributed by atoms with Crippen molar-refractivity contribution in [2.45, 2.75) is 13.0 Å². The summed E-state index contributed by atoms with van der Waals surface area (Å²) in [6.07, 6.45) is -0.671. The van der Waals surface area contributed by atoms with E-state index in [-0.39, 0.29) is 5.91 Å². The van der Waals surface area contributed by atoms with Crippen molar-refractivity contribution < 1.29 is 14.3 Å². The van der Waals surface area contributed by atoms with Gasteiger partial charge in [-0.1, -0.05) is 12.1 Å². The van der Waals surface area contributed by atoms with Gasteiger partial charge >= 0.3 is 0 Å². The van der Waals surface area contributed by atoms with E-state index in [9.17, 15) is 4.79 Å². The Morgan fingerprint density at radius 3 is 2.65 bits per heavy atom. The highest BCUT2D eigenvalue weighted by atomic mass is 32.1. The van der Waals surface area contributed by atoms with E-state index in [2.05, 4.69) is 14.1 Å². The van der Waals surface area contributed by atoms with Crippen LogP contribution < -0.4 is 14.8 Å².